The Hall–Kier alpha value is -0.770. The maximum absolute atomic E-state index is 11.2. The zero-order chi connectivity index (χ0) is 18.7. The summed E-state index contributed by atoms with van der Waals surface area (Å²) in [5, 5.41) is 20.2. The molecule has 24 heavy (non-hydrogen) atoms. The van der Waals surface area contributed by atoms with E-state index in [1.54, 1.807) is 0 Å². The minimum atomic E-state index is -2.00. The van der Waals surface area contributed by atoms with Gasteiger partial charge in [0.05, 0.1) is 0 Å². The molecule has 2 N–H and O–H groups in total. The lowest BCUT2D eigenvalue weighted by Gasteiger charge is -2.41. The standard InChI is InChI=1S/C13H17Cl3O8/c1-5(13(14,15)16)22-12-11(23-7(3)18)10(20)9(19)8(24-12)4-21-6(2)17/h8-12,19-20H,1,4H2,2-3H3. The summed E-state index contributed by atoms with van der Waals surface area (Å²) in [7, 11) is 0. The molecule has 0 amide bonds. The summed E-state index contributed by atoms with van der Waals surface area (Å²) in [5.74, 6) is -1.74. The van der Waals surface area contributed by atoms with Crippen molar-refractivity contribution in [2.45, 2.75) is 48.3 Å². The van der Waals surface area contributed by atoms with Crippen molar-refractivity contribution >= 4 is 46.7 Å². The molecular formula is C13H17Cl3O8. The van der Waals surface area contributed by atoms with Crippen LogP contribution in [0.5, 0.6) is 0 Å². The molecule has 0 spiro atoms. The summed E-state index contributed by atoms with van der Waals surface area (Å²) in [6.45, 7) is 5.28. The van der Waals surface area contributed by atoms with Crippen LogP contribution in [-0.4, -0.2) is 63.3 Å². The zero-order valence-corrected chi connectivity index (χ0v) is 15.0. The molecule has 0 aromatic carbocycles. The molecule has 0 aliphatic carbocycles. The number of carbonyl (C=O) groups excluding carboxylic acids is 2. The molecule has 1 rings (SSSR count). The van der Waals surface area contributed by atoms with E-state index in [1.807, 2.05) is 0 Å². The highest BCUT2D eigenvalue weighted by Crippen LogP contribution is 2.37. The summed E-state index contributed by atoms with van der Waals surface area (Å²) in [6.07, 6.45) is -7.15. The van der Waals surface area contributed by atoms with Crippen LogP contribution in [0, 0.1) is 0 Å². The third-order valence-corrected chi connectivity index (χ3v) is 3.60. The van der Waals surface area contributed by atoms with Crippen molar-refractivity contribution in [2.75, 3.05) is 6.61 Å². The maximum Gasteiger partial charge on any atom is 0.303 e. The molecule has 8 nitrogen and oxygen atoms in total. The molecule has 0 aromatic rings. The Morgan fingerprint density at radius 2 is 1.71 bits per heavy atom. The number of alkyl halides is 3. The van der Waals surface area contributed by atoms with Crippen LogP contribution >= 0.6 is 34.8 Å². The van der Waals surface area contributed by atoms with E-state index >= 15 is 0 Å². The van der Waals surface area contributed by atoms with Gasteiger partial charge in [0.1, 0.15) is 30.7 Å². The molecule has 0 aromatic heterocycles. The van der Waals surface area contributed by atoms with Crippen molar-refractivity contribution in [2.24, 2.45) is 0 Å². The fraction of sp³-hybridized carbons (Fsp3) is 0.692. The summed E-state index contributed by atoms with van der Waals surface area (Å²) in [4.78, 5) is 22.1. The van der Waals surface area contributed by atoms with E-state index in [4.69, 9.17) is 53.8 Å². The third-order valence-electron chi connectivity index (χ3n) is 2.97. The van der Waals surface area contributed by atoms with Crippen molar-refractivity contribution < 1.29 is 38.7 Å². The number of aliphatic hydroxyl groups is 2. The lowest BCUT2D eigenvalue weighted by Crippen LogP contribution is -2.60. The molecule has 0 radical (unpaired) electrons. The zero-order valence-electron chi connectivity index (χ0n) is 12.8. The number of carbonyl (C=O) groups is 2. The predicted octanol–water partition coefficient (Wildman–Crippen LogP) is 0.828. The van der Waals surface area contributed by atoms with Crippen LogP contribution in [0.4, 0.5) is 0 Å². The largest absolute Gasteiger partial charge is 0.463 e. The average molecular weight is 408 g/mol. The van der Waals surface area contributed by atoms with Gasteiger partial charge < -0.3 is 29.2 Å². The number of allylic oxidation sites excluding steroid dienone is 1. The molecule has 11 heteroatoms. The second-order valence-electron chi connectivity index (χ2n) is 4.94. The van der Waals surface area contributed by atoms with Gasteiger partial charge in [-0.1, -0.05) is 41.4 Å². The number of halogens is 3. The second-order valence-corrected chi connectivity index (χ2v) is 7.22. The van der Waals surface area contributed by atoms with Gasteiger partial charge in [0.2, 0.25) is 10.1 Å². The fourth-order valence-electron chi connectivity index (χ4n) is 1.86. The van der Waals surface area contributed by atoms with E-state index < -0.39 is 46.4 Å². The van der Waals surface area contributed by atoms with Crippen LogP contribution in [0.15, 0.2) is 12.3 Å². The van der Waals surface area contributed by atoms with Crippen molar-refractivity contribution in [1.82, 2.24) is 0 Å². The first-order valence-electron chi connectivity index (χ1n) is 6.68. The molecule has 1 fully saturated rings. The monoisotopic (exact) mass is 406 g/mol. The average Bonchev–Trinajstić information content (AvgIpc) is 2.43. The molecule has 5 atom stereocenters. The Labute approximate surface area is 153 Å². The Balaban J connectivity index is 2.95. The lowest BCUT2D eigenvalue weighted by atomic mass is 9.99. The molecule has 1 saturated heterocycles. The minimum absolute atomic E-state index is 0.357. The van der Waals surface area contributed by atoms with Crippen LogP contribution in [0.1, 0.15) is 13.8 Å². The van der Waals surface area contributed by atoms with Gasteiger partial charge in [-0.05, 0) is 0 Å². The van der Waals surface area contributed by atoms with E-state index in [2.05, 4.69) is 6.58 Å². The Morgan fingerprint density at radius 1 is 1.12 bits per heavy atom. The van der Waals surface area contributed by atoms with Crippen molar-refractivity contribution in [3.8, 4) is 0 Å². The Kier molecular flexibility index (Phi) is 7.58. The summed E-state index contributed by atoms with van der Waals surface area (Å²) < 4.78 is 18.2. The molecule has 138 valence electrons. The Bertz CT molecular complexity index is 490. The van der Waals surface area contributed by atoms with Gasteiger partial charge in [-0.2, -0.15) is 0 Å². The Morgan fingerprint density at radius 3 is 2.17 bits per heavy atom. The number of rotatable bonds is 5. The first-order valence-corrected chi connectivity index (χ1v) is 7.81. The van der Waals surface area contributed by atoms with Crippen molar-refractivity contribution in [1.29, 1.82) is 0 Å². The van der Waals surface area contributed by atoms with Gasteiger partial charge in [-0.3, -0.25) is 9.59 Å². The van der Waals surface area contributed by atoms with Crippen LogP contribution in [0.2, 0.25) is 0 Å². The highest BCUT2D eigenvalue weighted by molar-refractivity contribution is 6.69. The third kappa shape index (κ3) is 5.94. The molecule has 0 saturated carbocycles. The lowest BCUT2D eigenvalue weighted by molar-refractivity contribution is -0.295. The van der Waals surface area contributed by atoms with Gasteiger partial charge in [0.25, 0.3) is 0 Å². The predicted molar refractivity (Wildman–Crippen MR) is 83.4 cm³/mol. The van der Waals surface area contributed by atoms with Crippen LogP contribution in [-0.2, 0) is 28.5 Å². The first kappa shape index (κ1) is 21.3. The van der Waals surface area contributed by atoms with Crippen molar-refractivity contribution in [3.63, 3.8) is 0 Å². The normalized spacial score (nSPS) is 30.4. The van der Waals surface area contributed by atoms with Gasteiger partial charge >= 0.3 is 11.9 Å². The SMILES string of the molecule is C=C(OC1OC(COC(C)=O)C(O)C(O)C1OC(C)=O)C(Cl)(Cl)Cl. The summed E-state index contributed by atoms with van der Waals surface area (Å²) in [6, 6.07) is 0. The quantitative estimate of drug-likeness (QED) is 0.391. The number of aliphatic hydroxyl groups excluding tert-OH is 2. The number of hydrogen-bond donors (Lipinski definition) is 2. The smallest absolute Gasteiger partial charge is 0.303 e. The summed E-state index contributed by atoms with van der Waals surface area (Å²) in [5.41, 5.74) is 0. The van der Waals surface area contributed by atoms with Crippen LogP contribution < -0.4 is 0 Å². The highest BCUT2D eigenvalue weighted by Gasteiger charge is 2.49. The second kappa shape index (κ2) is 8.55. The number of hydrogen-bond acceptors (Lipinski definition) is 8. The van der Waals surface area contributed by atoms with E-state index in [1.165, 1.54) is 0 Å². The van der Waals surface area contributed by atoms with Gasteiger partial charge in [-0.15, -0.1) is 0 Å². The number of esters is 2. The maximum atomic E-state index is 11.2. The molecule has 5 unspecified atom stereocenters. The molecule has 1 heterocycles. The van der Waals surface area contributed by atoms with Crippen molar-refractivity contribution in [3.05, 3.63) is 12.3 Å². The molecule has 1 aliphatic rings. The topological polar surface area (TPSA) is 112 Å². The van der Waals surface area contributed by atoms with E-state index in [0.717, 1.165) is 13.8 Å². The fourth-order valence-corrected chi connectivity index (χ4v) is 2.00. The highest BCUT2D eigenvalue weighted by atomic mass is 35.6. The summed E-state index contributed by atoms with van der Waals surface area (Å²) >= 11 is 16.9. The van der Waals surface area contributed by atoms with Gasteiger partial charge in [-0.25, -0.2) is 0 Å². The van der Waals surface area contributed by atoms with E-state index in [9.17, 15) is 19.8 Å². The molecule has 1 aliphatic heterocycles. The molecule has 0 bridgehead atoms. The van der Waals surface area contributed by atoms with Crippen LogP contribution in [0.25, 0.3) is 0 Å². The van der Waals surface area contributed by atoms with Gasteiger partial charge in [0.15, 0.2) is 6.10 Å². The van der Waals surface area contributed by atoms with E-state index in [-0.39, 0.29) is 12.4 Å². The van der Waals surface area contributed by atoms with E-state index in [0.29, 0.717) is 0 Å². The van der Waals surface area contributed by atoms with Crippen LogP contribution in [0.3, 0.4) is 0 Å². The number of ether oxygens (including phenoxy) is 4. The first-order chi connectivity index (χ1) is 10.9. The molecular weight excluding hydrogens is 390 g/mol. The minimum Gasteiger partial charge on any atom is -0.463 e. The van der Waals surface area contributed by atoms with Gasteiger partial charge in [0, 0.05) is 13.8 Å².